The van der Waals surface area contributed by atoms with Crippen molar-refractivity contribution < 1.29 is 23.1 Å². The Labute approximate surface area is 216 Å². The maximum Gasteiger partial charge on any atom is 0.247 e. The number of benzene rings is 1. The van der Waals surface area contributed by atoms with E-state index in [1.807, 2.05) is 25.9 Å². The molecule has 1 N–H and O–H groups in total. The molecule has 200 valence electrons. The average molecular weight is 520 g/mol. The molecule has 0 unspecified atom stereocenters. The molecule has 3 atom stereocenters. The van der Waals surface area contributed by atoms with Gasteiger partial charge in [-0.2, -0.15) is 4.31 Å². The molecule has 0 saturated heterocycles. The second kappa shape index (κ2) is 12.4. The van der Waals surface area contributed by atoms with E-state index in [9.17, 15) is 18.3 Å². The van der Waals surface area contributed by atoms with Gasteiger partial charge in [0, 0.05) is 37.5 Å². The molecule has 1 fully saturated rings. The Bertz CT molecular complexity index is 1070. The second-order valence-corrected chi connectivity index (χ2v) is 12.4. The number of likely N-dealkylation sites (N-methyl/N-ethyl adjacent to an activating group) is 2. The third-order valence-corrected chi connectivity index (χ3v) is 9.12. The van der Waals surface area contributed by atoms with Gasteiger partial charge in [-0.15, -0.1) is 0 Å². The lowest BCUT2D eigenvalue weighted by atomic mass is 10.0. The highest BCUT2D eigenvalue weighted by Gasteiger charge is 2.38. The van der Waals surface area contributed by atoms with Crippen molar-refractivity contribution in [2.75, 3.05) is 47.4 Å². The number of aliphatic hydroxyl groups excluding tert-OH is 1. The number of carbonyl (C=O) groups is 1. The summed E-state index contributed by atoms with van der Waals surface area (Å²) in [5.41, 5.74) is 0.702. The summed E-state index contributed by atoms with van der Waals surface area (Å²) in [6.45, 7) is 4.07. The third-order valence-electron chi connectivity index (χ3n) is 7.10. The van der Waals surface area contributed by atoms with Crippen molar-refractivity contribution >= 4 is 15.9 Å². The molecule has 36 heavy (non-hydrogen) atoms. The van der Waals surface area contributed by atoms with Crippen molar-refractivity contribution in [3.8, 4) is 17.6 Å². The summed E-state index contributed by atoms with van der Waals surface area (Å²) in [6.07, 6.45) is 5.38. The van der Waals surface area contributed by atoms with E-state index < -0.39 is 22.2 Å². The normalized spacial score (nSPS) is 23.1. The van der Waals surface area contributed by atoms with Crippen LogP contribution in [0.5, 0.6) is 5.75 Å². The number of amides is 1. The number of hydrogen-bond acceptors (Lipinski definition) is 6. The summed E-state index contributed by atoms with van der Waals surface area (Å²) in [7, 11) is 1.50. The van der Waals surface area contributed by atoms with Gasteiger partial charge in [-0.05, 0) is 58.0 Å². The van der Waals surface area contributed by atoms with Crippen LogP contribution in [-0.4, -0.2) is 93.1 Å². The highest BCUT2D eigenvalue weighted by molar-refractivity contribution is 7.89. The number of aliphatic hydroxyl groups is 1. The van der Waals surface area contributed by atoms with Gasteiger partial charge in [0.1, 0.15) is 16.7 Å². The zero-order valence-electron chi connectivity index (χ0n) is 22.2. The van der Waals surface area contributed by atoms with Crippen LogP contribution in [0.1, 0.15) is 51.5 Å². The average Bonchev–Trinajstić information content (AvgIpc) is 3.33. The molecule has 1 heterocycles. The van der Waals surface area contributed by atoms with E-state index in [0.29, 0.717) is 18.0 Å². The smallest absolute Gasteiger partial charge is 0.247 e. The summed E-state index contributed by atoms with van der Waals surface area (Å²) >= 11 is 0. The van der Waals surface area contributed by atoms with Gasteiger partial charge in [-0.3, -0.25) is 4.79 Å². The molecule has 0 spiro atoms. The van der Waals surface area contributed by atoms with Crippen LogP contribution in [0.15, 0.2) is 23.1 Å². The molecule has 1 amide bonds. The van der Waals surface area contributed by atoms with Crippen LogP contribution < -0.4 is 4.74 Å². The van der Waals surface area contributed by atoms with Gasteiger partial charge in [0.2, 0.25) is 15.9 Å². The van der Waals surface area contributed by atoms with Gasteiger partial charge in [0.05, 0.1) is 19.7 Å². The van der Waals surface area contributed by atoms with Gasteiger partial charge in [-0.25, -0.2) is 8.42 Å². The number of sulfonamides is 1. The monoisotopic (exact) mass is 519 g/mol. The largest absolute Gasteiger partial charge is 0.487 e. The minimum Gasteiger partial charge on any atom is -0.487 e. The van der Waals surface area contributed by atoms with Crippen LogP contribution in [0, 0.1) is 23.7 Å². The summed E-state index contributed by atoms with van der Waals surface area (Å²) in [6, 6.07) is 4.37. The van der Waals surface area contributed by atoms with Gasteiger partial charge >= 0.3 is 0 Å². The van der Waals surface area contributed by atoms with Gasteiger partial charge in [0.25, 0.3) is 0 Å². The van der Waals surface area contributed by atoms with E-state index in [2.05, 4.69) is 11.8 Å². The van der Waals surface area contributed by atoms with Crippen molar-refractivity contribution in [3.05, 3.63) is 23.8 Å². The predicted molar refractivity (Wildman–Crippen MR) is 140 cm³/mol. The van der Waals surface area contributed by atoms with Crippen molar-refractivity contribution in [1.29, 1.82) is 0 Å². The second-order valence-electron chi connectivity index (χ2n) is 10.6. The van der Waals surface area contributed by atoms with Crippen LogP contribution in [0.25, 0.3) is 0 Å². The topological polar surface area (TPSA) is 90.4 Å². The Morgan fingerprint density at radius 2 is 1.94 bits per heavy atom. The predicted octanol–water partition coefficient (Wildman–Crippen LogP) is 2.41. The summed E-state index contributed by atoms with van der Waals surface area (Å²) in [5, 5.41) is 9.80. The molecule has 1 aromatic carbocycles. The molecular weight excluding hydrogens is 478 g/mol. The molecule has 1 saturated carbocycles. The molecule has 1 aromatic rings. The Morgan fingerprint density at radius 3 is 2.58 bits per heavy atom. The lowest BCUT2D eigenvalue weighted by Gasteiger charge is -2.37. The minimum atomic E-state index is -3.91. The van der Waals surface area contributed by atoms with Crippen molar-refractivity contribution in [2.45, 2.75) is 63.0 Å². The lowest BCUT2D eigenvalue weighted by molar-refractivity contribution is -0.132. The molecule has 3 rings (SSSR count). The summed E-state index contributed by atoms with van der Waals surface area (Å²) in [4.78, 5) is 16.1. The van der Waals surface area contributed by atoms with Crippen molar-refractivity contribution in [1.82, 2.24) is 14.1 Å². The summed E-state index contributed by atoms with van der Waals surface area (Å²) in [5.74, 6) is 7.07. The van der Waals surface area contributed by atoms with E-state index in [0.717, 1.165) is 6.42 Å². The van der Waals surface area contributed by atoms with E-state index in [4.69, 9.17) is 4.74 Å². The highest BCUT2D eigenvalue weighted by atomic mass is 32.2. The SMILES string of the molecule is C[C@H](CO)N1C[C@H](C)[C@@H](CN(C)C(=O)CN(C)C)Oc2cc(C#CCC3CCCC3)ccc2S1(=O)=O. The lowest BCUT2D eigenvalue weighted by Crippen LogP contribution is -2.50. The van der Waals surface area contributed by atoms with Gasteiger partial charge < -0.3 is 19.6 Å². The highest BCUT2D eigenvalue weighted by Crippen LogP contribution is 2.34. The van der Waals surface area contributed by atoms with Crippen LogP contribution in [0.3, 0.4) is 0 Å². The minimum absolute atomic E-state index is 0.0437. The quantitative estimate of drug-likeness (QED) is 0.557. The first-order chi connectivity index (χ1) is 17.0. The Hall–Kier alpha value is -2.12. The molecule has 1 aliphatic heterocycles. The van der Waals surface area contributed by atoms with Gasteiger partial charge in [0.15, 0.2) is 0 Å². The van der Waals surface area contributed by atoms with Crippen LogP contribution in [0.4, 0.5) is 0 Å². The molecular formula is C27H41N3O5S. The maximum absolute atomic E-state index is 13.6. The van der Waals surface area contributed by atoms with E-state index in [1.165, 1.54) is 30.0 Å². The Morgan fingerprint density at radius 1 is 1.25 bits per heavy atom. The van der Waals surface area contributed by atoms with Crippen molar-refractivity contribution in [3.63, 3.8) is 0 Å². The molecule has 0 radical (unpaired) electrons. The molecule has 8 nitrogen and oxygen atoms in total. The number of nitrogens with zero attached hydrogens (tertiary/aromatic N) is 3. The van der Waals surface area contributed by atoms with Crippen LogP contribution >= 0.6 is 0 Å². The number of carbonyl (C=O) groups excluding carboxylic acids is 1. The fourth-order valence-electron chi connectivity index (χ4n) is 4.80. The van der Waals surface area contributed by atoms with Crippen LogP contribution in [0.2, 0.25) is 0 Å². The first-order valence-corrected chi connectivity index (χ1v) is 14.3. The molecule has 0 bridgehead atoms. The molecule has 0 aromatic heterocycles. The number of rotatable bonds is 7. The third kappa shape index (κ3) is 7.00. The van der Waals surface area contributed by atoms with Gasteiger partial charge in [-0.1, -0.05) is 31.6 Å². The fraction of sp³-hybridized carbons (Fsp3) is 0.667. The zero-order chi connectivity index (χ0) is 26.5. The van der Waals surface area contributed by atoms with Crippen molar-refractivity contribution in [2.24, 2.45) is 11.8 Å². The summed E-state index contributed by atoms with van der Waals surface area (Å²) < 4.78 is 34.9. The molecule has 9 heteroatoms. The van der Waals surface area contributed by atoms with E-state index in [1.54, 1.807) is 37.1 Å². The Kier molecular flexibility index (Phi) is 9.81. The first kappa shape index (κ1) is 28.5. The maximum atomic E-state index is 13.6. The first-order valence-electron chi connectivity index (χ1n) is 12.8. The number of ether oxygens (including phenoxy) is 1. The fourth-order valence-corrected chi connectivity index (χ4v) is 6.62. The van der Waals surface area contributed by atoms with E-state index >= 15 is 0 Å². The Balaban J connectivity index is 1.95. The van der Waals surface area contributed by atoms with Crippen LogP contribution in [-0.2, 0) is 14.8 Å². The number of hydrogen-bond donors (Lipinski definition) is 1. The standard InChI is InChI=1S/C27H41N3O5S/c1-20-16-30(21(2)19-31)36(33,34)26-14-13-23(12-8-11-22-9-6-7-10-22)15-24(26)35-25(20)17-29(5)27(32)18-28(3)4/h13-15,20-22,25,31H,6-7,9-11,16-19H2,1-5H3/t20-,21+,25+/m0/s1. The molecule has 2 aliphatic rings. The van der Waals surface area contributed by atoms with E-state index in [-0.39, 0.29) is 42.2 Å². The number of fused-ring (bicyclic) bond motifs is 1. The molecule has 1 aliphatic carbocycles. The zero-order valence-corrected chi connectivity index (χ0v) is 23.1.